The van der Waals surface area contributed by atoms with Gasteiger partial charge < -0.3 is 4.74 Å². The van der Waals surface area contributed by atoms with Gasteiger partial charge in [-0.2, -0.15) is 13.2 Å². The van der Waals surface area contributed by atoms with Gasteiger partial charge in [-0.05, 0) is 38.5 Å². The fourth-order valence-corrected chi connectivity index (χ4v) is 3.24. The number of ketones is 1. The van der Waals surface area contributed by atoms with Crippen LogP contribution in [0.5, 0.6) is 0 Å². The van der Waals surface area contributed by atoms with Crippen molar-refractivity contribution in [2.45, 2.75) is 32.5 Å². The van der Waals surface area contributed by atoms with E-state index >= 15 is 0 Å². The summed E-state index contributed by atoms with van der Waals surface area (Å²) in [7, 11) is 0. The number of benzene rings is 2. The van der Waals surface area contributed by atoms with Crippen molar-refractivity contribution >= 4 is 17.3 Å². The molecule has 0 aromatic heterocycles. The Morgan fingerprint density at radius 1 is 1.03 bits per heavy atom. The largest absolute Gasteiger partial charge is 0.477 e. The standard InChI is InChI=1S/C22H20F3NO3/c1-14-18(15-8-5-4-6-9-15)20(28)26(13-29-14)21(2,3)19(27)16-10-7-11-17(12-16)22(23,24)25/h4-12H,13H2,1-3H3. The summed E-state index contributed by atoms with van der Waals surface area (Å²) in [4.78, 5) is 27.5. The van der Waals surface area contributed by atoms with Crippen molar-refractivity contribution in [1.29, 1.82) is 0 Å². The van der Waals surface area contributed by atoms with E-state index in [0.29, 0.717) is 16.9 Å². The normalized spacial score (nSPS) is 15.4. The van der Waals surface area contributed by atoms with Crippen LogP contribution in [0.2, 0.25) is 0 Å². The third kappa shape index (κ3) is 3.90. The number of carbonyl (C=O) groups excluding carboxylic acids is 2. The van der Waals surface area contributed by atoms with Gasteiger partial charge in [0.1, 0.15) is 11.3 Å². The monoisotopic (exact) mass is 403 g/mol. The molecule has 1 aliphatic rings. The molecule has 0 atom stereocenters. The summed E-state index contributed by atoms with van der Waals surface area (Å²) in [5.74, 6) is -0.586. The van der Waals surface area contributed by atoms with Crippen molar-refractivity contribution in [2.24, 2.45) is 0 Å². The number of rotatable bonds is 4. The molecular formula is C22H20F3NO3. The van der Waals surface area contributed by atoms with Crippen LogP contribution in [0.4, 0.5) is 13.2 Å². The Labute approximate surface area is 166 Å². The second-order valence-corrected chi connectivity index (χ2v) is 7.27. The van der Waals surface area contributed by atoms with Crippen molar-refractivity contribution in [3.05, 3.63) is 77.0 Å². The number of allylic oxidation sites excluding steroid dienone is 1. The maximum absolute atomic E-state index is 13.2. The van der Waals surface area contributed by atoms with E-state index in [9.17, 15) is 22.8 Å². The summed E-state index contributed by atoms with van der Waals surface area (Å²) in [5, 5.41) is 0. The first-order valence-electron chi connectivity index (χ1n) is 8.96. The van der Waals surface area contributed by atoms with E-state index in [1.54, 1.807) is 31.2 Å². The number of hydrogen-bond acceptors (Lipinski definition) is 3. The molecule has 0 bridgehead atoms. The summed E-state index contributed by atoms with van der Waals surface area (Å²) in [6.07, 6.45) is -4.56. The van der Waals surface area contributed by atoms with Gasteiger partial charge in [-0.1, -0.05) is 42.5 Å². The second-order valence-electron chi connectivity index (χ2n) is 7.27. The molecule has 7 heteroatoms. The summed E-state index contributed by atoms with van der Waals surface area (Å²) >= 11 is 0. The first kappa shape index (κ1) is 20.6. The average Bonchev–Trinajstić information content (AvgIpc) is 2.67. The average molecular weight is 403 g/mol. The molecule has 1 heterocycles. The van der Waals surface area contributed by atoms with Gasteiger partial charge in [0.2, 0.25) is 0 Å². The van der Waals surface area contributed by atoms with Crippen LogP contribution in [0.25, 0.3) is 5.57 Å². The van der Waals surface area contributed by atoms with Crippen LogP contribution in [0.1, 0.15) is 42.3 Å². The molecule has 0 fully saturated rings. The maximum atomic E-state index is 13.2. The molecule has 2 aromatic rings. The van der Waals surface area contributed by atoms with Crippen molar-refractivity contribution < 1.29 is 27.5 Å². The number of hydrogen-bond donors (Lipinski definition) is 0. The van der Waals surface area contributed by atoms with Gasteiger partial charge in [-0.25, -0.2) is 0 Å². The van der Waals surface area contributed by atoms with Crippen molar-refractivity contribution in [3.8, 4) is 0 Å². The topological polar surface area (TPSA) is 46.6 Å². The molecule has 3 rings (SSSR count). The molecule has 1 aliphatic heterocycles. The molecule has 0 spiro atoms. The minimum Gasteiger partial charge on any atom is -0.477 e. The lowest BCUT2D eigenvalue weighted by Crippen LogP contribution is -2.55. The highest BCUT2D eigenvalue weighted by Gasteiger charge is 2.43. The van der Waals surface area contributed by atoms with Gasteiger partial charge in [0.05, 0.1) is 11.1 Å². The minimum atomic E-state index is -4.56. The number of Topliss-reactive ketones (excluding diaryl/α,β-unsaturated/α-hetero) is 1. The Morgan fingerprint density at radius 2 is 1.69 bits per heavy atom. The van der Waals surface area contributed by atoms with Gasteiger partial charge in [-0.15, -0.1) is 0 Å². The SMILES string of the molecule is CC1=C(c2ccccc2)C(=O)N(C(C)(C)C(=O)c2cccc(C(F)(F)F)c2)CO1. The van der Waals surface area contributed by atoms with Gasteiger partial charge in [-0.3, -0.25) is 14.5 Å². The van der Waals surface area contributed by atoms with E-state index in [1.165, 1.54) is 30.9 Å². The predicted octanol–water partition coefficient (Wildman–Crippen LogP) is 4.91. The maximum Gasteiger partial charge on any atom is 0.416 e. The number of halogens is 3. The number of nitrogens with zero attached hydrogens (tertiary/aromatic N) is 1. The lowest BCUT2D eigenvalue weighted by molar-refractivity contribution is -0.138. The lowest BCUT2D eigenvalue weighted by Gasteiger charge is -2.40. The predicted molar refractivity (Wildman–Crippen MR) is 102 cm³/mol. The van der Waals surface area contributed by atoms with E-state index in [2.05, 4.69) is 0 Å². The smallest absolute Gasteiger partial charge is 0.416 e. The Hall–Kier alpha value is -3.09. The minimum absolute atomic E-state index is 0.120. The van der Waals surface area contributed by atoms with Crippen LogP contribution in [-0.2, 0) is 15.7 Å². The van der Waals surface area contributed by atoms with E-state index in [-0.39, 0.29) is 12.3 Å². The number of ether oxygens (including phenoxy) is 1. The van der Waals surface area contributed by atoms with Crippen LogP contribution in [0.15, 0.2) is 60.4 Å². The molecule has 152 valence electrons. The van der Waals surface area contributed by atoms with E-state index in [4.69, 9.17) is 4.74 Å². The Bertz CT molecular complexity index is 978. The first-order valence-corrected chi connectivity index (χ1v) is 8.96. The summed E-state index contributed by atoms with van der Waals surface area (Å²) in [6.45, 7) is 4.50. The van der Waals surface area contributed by atoms with E-state index in [1.807, 2.05) is 6.07 Å². The Balaban J connectivity index is 1.96. The summed E-state index contributed by atoms with van der Waals surface area (Å²) < 4.78 is 44.7. The highest BCUT2D eigenvalue weighted by atomic mass is 19.4. The molecule has 0 radical (unpaired) electrons. The molecule has 0 saturated carbocycles. The highest BCUT2D eigenvalue weighted by Crippen LogP contribution is 2.34. The van der Waals surface area contributed by atoms with E-state index in [0.717, 1.165) is 12.1 Å². The molecule has 0 saturated heterocycles. The van der Waals surface area contributed by atoms with Crippen LogP contribution < -0.4 is 0 Å². The number of alkyl halides is 3. The van der Waals surface area contributed by atoms with Crippen LogP contribution in [0, 0.1) is 0 Å². The van der Waals surface area contributed by atoms with Gasteiger partial charge >= 0.3 is 6.18 Å². The van der Waals surface area contributed by atoms with Crippen LogP contribution in [-0.4, -0.2) is 28.9 Å². The number of amides is 1. The van der Waals surface area contributed by atoms with Crippen LogP contribution in [0.3, 0.4) is 0 Å². The lowest BCUT2D eigenvalue weighted by atomic mass is 9.89. The Kier molecular flexibility index (Phi) is 5.26. The molecule has 1 amide bonds. The third-order valence-corrected chi connectivity index (χ3v) is 4.97. The zero-order valence-corrected chi connectivity index (χ0v) is 16.2. The molecule has 29 heavy (non-hydrogen) atoms. The zero-order chi connectivity index (χ0) is 21.4. The third-order valence-electron chi connectivity index (χ3n) is 4.97. The van der Waals surface area contributed by atoms with Crippen LogP contribution >= 0.6 is 0 Å². The van der Waals surface area contributed by atoms with Crippen molar-refractivity contribution in [3.63, 3.8) is 0 Å². The van der Waals surface area contributed by atoms with Gasteiger partial charge in [0.15, 0.2) is 12.5 Å². The molecule has 0 aliphatic carbocycles. The molecular weight excluding hydrogens is 383 g/mol. The fourth-order valence-electron chi connectivity index (χ4n) is 3.24. The summed E-state index contributed by atoms with van der Waals surface area (Å²) in [5.41, 5.74) is -1.49. The van der Waals surface area contributed by atoms with E-state index < -0.39 is 29.0 Å². The van der Waals surface area contributed by atoms with Gasteiger partial charge in [0, 0.05) is 5.56 Å². The second kappa shape index (κ2) is 7.39. The first-order chi connectivity index (χ1) is 13.5. The van der Waals surface area contributed by atoms with Crippen molar-refractivity contribution in [2.75, 3.05) is 6.73 Å². The fraction of sp³-hybridized carbons (Fsp3) is 0.273. The number of carbonyl (C=O) groups is 2. The molecule has 0 N–H and O–H groups in total. The molecule has 0 unspecified atom stereocenters. The molecule has 2 aromatic carbocycles. The summed E-state index contributed by atoms with van der Waals surface area (Å²) in [6, 6.07) is 13.1. The quantitative estimate of drug-likeness (QED) is 0.682. The Morgan fingerprint density at radius 3 is 2.31 bits per heavy atom. The highest BCUT2D eigenvalue weighted by molar-refractivity contribution is 6.22. The van der Waals surface area contributed by atoms with Crippen molar-refractivity contribution in [1.82, 2.24) is 4.90 Å². The zero-order valence-electron chi connectivity index (χ0n) is 16.2. The molecule has 4 nitrogen and oxygen atoms in total. The van der Waals surface area contributed by atoms with Gasteiger partial charge in [0.25, 0.3) is 5.91 Å².